The number of hydrogen-bond acceptors (Lipinski definition) is 28. The number of ketones is 2. The smallest absolute Gasteiger partial charge is 0.303 e. The molecular weight excluding hydrogens is 1300 g/mol. The fraction of sp³-hybridized carbons (Fsp3) is 0.778. The van der Waals surface area contributed by atoms with Gasteiger partial charge in [-0.05, 0) is 48.3 Å². The fourth-order valence-corrected chi connectivity index (χ4v) is 16.8. The van der Waals surface area contributed by atoms with E-state index in [0.717, 1.165) is 69.2 Å². The van der Waals surface area contributed by atoms with Gasteiger partial charge in [0.1, 0.15) is 11.6 Å². The molecule has 6 rings (SSSR count). The standard InChI is InChI=1S/2C26H36O14S.2CH2Cl2/c2*1-12(27)35-19-20(36-13(2)28)22(38-15(4)30)24(23(39-16(5)31)21(19)37-14(3)29)40-41(33,34)11-26-9-8-17(10-18(26)32)25(26,6)7;2*2-1-3/h2*17,19-24H,8-11H2,1-7H3;2*1H2/t17-,19?,20+,21+,22-,23+,24?,26-;17-,19?,20-,21-,22-,23+,24?,26-;;/m11../s1. The van der Waals surface area contributed by atoms with Crippen LogP contribution < -0.4 is 0 Å². The Labute approximate surface area is 529 Å². The van der Waals surface area contributed by atoms with E-state index in [9.17, 15) is 74.4 Å². The van der Waals surface area contributed by atoms with Gasteiger partial charge in [-0.2, -0.15) is 16.8 Å². The molecule has 0 aromatic heterocycles. The number of ether oxygens (including phenoxy) is 10. The molecule has 0 radical (unpaired) electrons. The molecular formula is C54H76Cl4O28S2. The van der Waals surface area contributed by atoms with E-state index < -0.39 is 186 Å². The van der Waals surface area contributed by atoms with E-state index in [-0.39, 0.29) is 46.9 Å². The zero-order valence-corrected chi connectivity index (χ0v) is 55.6. The number of alkyl halides is 4. The Bertz CT molecular complexity index is 2600. The maximum absolute atomic E-state index is 13.7. The Balaban J connectivity index is 0.000000422. The van der Waals surface area contributed by atoms with Crippen molar-refractivity contribution in [2.75, 3.05) is 22.2 Å². The van der Waals surface area contributed by atoms with Crippen LogP contribution in [0.5, 0.6) is 0 Å². The minimum Gasteiger partial charge on any atom is -0.455 e. The maximum Gasteiger partial charge on any atom is 0.303 e. The maximum atomic E-state index is 13.7. The molecule has 0 amide bonds. The summed E-state index contributed by atoms with van der Waals surface area (Å²) in [5.41, 5.74) is -3.80. The van der Waals surface area contributed by atoms with Crippen molar-refractivity contribution in [3.63, 3.8) is 0 Å². The Hall–Kier alpha value is -4.98. The highest BCUT2D eigenvalue weighted by atomic mass is 35.5. The van der Waals surface area contributed by atoms with Crippen molar-refractivity contribution in [3.05, 3.63) is 0 Å². The Morgan fingerprint density at radius 2 is 0.511 bits per heavy atom. The molecule has 34 heteroatoms. The van der Waals surface area contributed by atoms with Gasteiger partial charge in [0.05, 0.1) is 33.0 Å². The summed E-state index contributed by atoms with van der Waals surface area (Å²) < 4.78 is 119. The van der Waals surface area contributed by atoms with Crippen LogP contribution in [-0.2, 0) is 134 Å². The second-order valence-electron chi connectivity index (χ2n) is 22.8. The van der Waals surface area contributed by atoms with Crippen LogP contribution in [0.4, 0.5) is 0 Å². The predicted octanol–water partition coefficient (Wildman–Crippen LogP) is 4.38. The topological polar surface area (TPSA) is 384 Å². The Morgan fingerprint density at radius 1 is 0.352 bits per heavy atom. The summed E-state index contributed by atoms with van der Waals surface area (Å²) in [6.07, 6.45) is -19.2. The van der Waals surface area contributed by atoms with E-state index in [1.165, 1.54) is 0 Å². The summed E-state index contributed by atoms with van der Waals surface area (Å²) in [4.78, 5) is 147. The van der Waals surface area contributed by atoms with E-state index >= 15 is 0 Å². The van der Waals surface area contributed by atoms with Gasteiger partial charge in [-0.3, -0.25) is 65.9 Å². The minimum atomic E-state index is -4.69. The lowest BCUT2D eigenvalue weighted by Gasteiger charge is -2.47. The van der Waals surface area contributed by atoms with Gasteiger partial charge in [0.2, 0.25) is 0 Å². The lowest BCUT2D eigenvalue weighted by Crippen LogP contribution is -2.69. The van der Waals surface area contributed by atoms with Crippen molar-refractivity contribution in [1.29, 1.82) is 0 Å². The molecule has 28 nitrogen and oxygen atoms in total. The van der Waals surface area contributed by atoms with Gasteiger partial charge >= 0.3 is 59.7 Å². The number of esters is 10. The van der Waals surface area contributed by atoms with E-state index in [1.807, 2.05) is 27.7 Å². The molecule has 6 fully saturated rings. The van der Waals surface area contributed by atoms with Crippen molar-refractivity contribution < 1.29 is 130 Å². The molecule has 0 saturated heterocycles. The molecule has 6 aliphatic rings. The van der Waals surface area contributed by atoms with Crippen LogP contribution in [-0.4, -0.2) is 184 Å². The SMILES string of the molecule is CC(=O)OC1[C@@H](OC(C)=O)[C@H](OC(C)=O)C(OS(=O)(=O)C[C@]23CC[C@H](CC2=O)C3(C)C)[C@H](OC(C)=O)[C@@H]1OC(C)=O.CC(=O)OC1[C@H](OC(C)=O)[C@H](OC(C)=O)C(OS(=O)(=O)C[C@]23CC[C@H](CC2=O)C3(C)C)[C@H](OC(C)=O)[C@H]1OC(C)=O.ClCCl.ClCCl. The Kier molecular flexibility index (Phi) is 27.5. The van der Waals surface area contributed by atoms with Gasteiger partial charge in [0.15, 0.2) is 73.2 Å². The summed E-state index contributed by atoms with van der Waals surface area (Å²) >= 11 is 19.1. The van der Waals surface area contributed by atoms with Crippen LogP contribution in [0.25, 0.3) is 0 Å². The molecule has 0 aliphatic heterocycles. The molecule has 6 saturated carbocycles. The normalized spacial score (nSPS) is 32.0. The lowest BCUT2D eigenvalue weighted by atomic mass is 9.70. The first-order valence-corrected chi connectivity index (χ1v) is 32.6. The van der Waals surface area contributed by atoms with Crippen LogP contribution in [0.3, 0.4) is 0 Å². The van der Waals surface area contributed by atoms with E-state index in [1.54, 1.807) is 0 Å². The molecule has 4 unspecified atom stereocenters. The van der Waals surface area contributed by atoms with Crippen LogP contribution in [0, 0.1) is 33.5 Å². The molecule has 0 aromatic carbocycles. The van der Waals surface area contributed by atoms with Gasteiger partial charge in [-0.15, -0.1) is 46.4 Å². The van der Waals surface area contributed by atoms with E-state index in [4.69, 9.17) is 102 Å². The highest BCUT2D eigenvalue weighted by Crippen LogP contribution is 2.65. The highest BCUT2D eigenvalue weighted by molar-refractivity contribution is 7.87. The number of carbonyl (C=O) groups is 12. The molecule has 0 N–H and O–H groups in total. The summed E-state index contributed by atoms with van der Waals surface area (Å²) in [6, 6.07) is 0. The molecule has 16 atom stereocenters. The van der Waals surface area contributed by atoms with Gasteiger partial charge in [-0.1, -0.05) is 27.7 Å². The highest BCUT2D eigenvalue weighted by Gasteiger charge is 2.69. The van der Waals surface area contributed by atoms with Crippen molar-refractivity contribution in [1.82, 2.24) is 0 Å². The molecule has 0 spiro atoms. The third kappa shape index (κ3) is 18.6. The van der Waals surface area contributed by atoms with E-state index in [0.29, 0.717) is 25.7 Å². The third-order valence-corrected chi connectivity index (χ3v) is 19.3. The third-order valence-electron chi connectivity index (χ3n) is 16.5. The molecule has 6 aliphatic carbocycles. The van der Waals surface area contributed by atoms with Crippen molar-refractivity contribution in [2.45, 2.75) is 209 Å². The van der Waals surface area contributed by atoms with Gasteiger partial charge < -0.3 is 47.4 Å². The Morgan fingerprint density at radius 3 is 0.636 bits per heavy atom. The zero-order valence-electron chi connectivity index (χ0n) is 50.9. The number of hydrogen-bond donors (Lipinski definition) is 0. The average Bonchev–Trinajstić information content (AvgIpc) is 1.68. The minimum absolute atomic E-state index is 0.00588. The second-order valence-corrected chi connectivity index (χ2v) is 27.6. The first kappa shape index (κ1) is 77.3. The van der Waals surface area contributed by atoms with Crippen LogP contribution in [0.2, 0.25) is 0 Å². The first-order valence-electron chi connectivity index (χ1n) is 27.3. The molecule has 0 aromatic rings. The molecule has 4 bridgehead atoms. The quantitative estimate of drug-likeness (QED) is 0.0795. The first-order chi connectivity index (χ1) is 40.4. The summed E-state index contributed by atoms with van der Waals surface area (Å²) in [5, 5.41) is 0.389. The number of carbonyl (C=O) groups excluding carboxylic acids is 12. The van der Waals surface area contributed by atoms with Crippen LogP contribution >= 0.6 is 46.4 Å². The fourth-order valence-electron chi connectivity index (χ4n) is 12.9. The number of halogens is 4. The van der Waals surface area contributed by atoms with Crippen molar-refractivity contribution in [2.24, 2.45) is 33.5 Å². The molecule has 500 valence electrons. The number of fused-ring (bicyclic) bond motifs is 4. The predicted molar refractivity (Wildman–Crippen MR) is 303 cm³/mol. The zero-order chi connectivity index (χ0) is 67.6. The van der Waals surface area contributed by atoms with Crippen molar-refractivity contribution in [3.8, 4) is 0 Å². The molecule has 88 heavy (non-hydrogen) atoms. The van der Waals surface area contributed by atoms with Crippen molar-refractivity contribution >= 4 is 138 Å². The summed E-state index contributed by atoms with van der Waals surface area (Å²) in [5.74, 6) is -11.5. The second kappa shape index (κ2) is 31.4. The summed E-state index contributed by atoms with van der Waals surface area (Å²) in [7, 11) is -9.37. The monoisotopic (exact) mass is 1380 g/mol. The summed E-state index contributed by atoms with van der Waals surface area (Å²) in [6.45, 7) is 17.2. The van der Waals surface area contributed by atoms with Crippen LogP contribution in [0.15, 0.2) is 0 Å². The van der Waals surface area contributed by atoms with Crippen LogP contribution in [0.1, 0.15) is 135 Å². The molecule has 0 heterocycles. The number of Topliss-reactive ketones (excluding diaryl/α,β-unsaturated/α-hetero) is 2. The van der Waals surface area contributed by atoms with Gasteiger partial charge in [0, 0.05) is 82.1 Å². The van der Waals surface area contributed by atoms with E-state index in [2.05, 4.69) is 0 Å². The average molecular weight is 1380 g/mol. The lowest BCUT2D eigenvalue weighted by molar-refractivity contribution is -0.251. The number of rotatable bonds is 18. The largest absolute Gasteiger partial charge is 0.455 e. The van der Waals surface area contributed by atoms with Gasteiger partial charge in [-0.25, -0.2) is 0 Å². The van der Waals surface area contributed by atoms with Gasteiger partial charge in [0.25, 0.3) is 20.2 Å².